The number of nitriles is 1. The van der Waals surface area contributed by atoms with E-state index < -0.39 is 17.2 Å². The molecular weight excluding hydrogens is 398 g/mol. The summed E-state index contributed by atoms with van der Waals surface area (Å²) < 4.78 is 35.3. The van der Waals surface area contributed by atoms with Gasteiger partial charge in [0.15, 0.2) is 0 Å². The van der Waals surface area contributed by atoms with Crippen molar-refractivity contribution in [2.45, 2.75) is 6.61 Å². The minimum atomic E-state index is -3.00. The number of aromatic nitrogens is 1. The van der Waals surface area contributed by atoms with Gasteiger partial charge in [-0.3, -0.25) is 10.1 Å². The molecule has 30 heavy (non-hydrogen) atoms. The van der Waals surface area contributed by atoms with Gasteiger partial charge < -0.3 is 14.8 Å². The van der Waals surface area contributed by atoms with Gasteiger partial charge in [-0.25, -0.2) is 4.98 Å². The van der Waals surface area contributed by atoms with Gasteiger partial charge in [0.2, 0.25) is 5.69 Å². The predicted octanol–water partition coefficient (Wildman–Crippen LogP) is 4.88. The highest BCUT2D eigenvalue weighted by atomic mass is 19.3. The van der Waals surface area contributed by atoms with Gasteiger partial charge in [-0.2, -0.15) is 14.0 Å². The molecule has 10 heteroatoms. The van der Waals surface area contributed by atoms with Gasteiger partial charge in [-0.1, -0.05) is 12.1 Å². The second kappa shape index (κ2) is 8.83. The number of rotatable bonds is 7. The van der Waals surface area contributed by atoms with E-state index >= 15 is 0 Å². The Morgan fingerprint density at radius 2 is 1.90 bits per heavy atom. The molecule has 0 bridgehead atoms. The minimum Gasteiger partial charge on any atom is -0.497 e. The molecule has 152 valence electrons. The van der Waals surface area contributed by atoms with E-state index in [9.17, 15) is 18.9 Å². The van der Waals surface area contributed by atoms with Crippen LogP contribution in [-0.4, -0.2) is 23.6 Å². The van der Waals surface area contributed by atoms with Crippen LogP contribution < -0.4 is 14.8 Å². The summed E-state index contributed by atoms with van der Waals surface area (Å²) in [7, 11) is 1.51. The molecule has 0 radical (unpaired) electrons. The Morgan fingerprint density at radius 1 is 1.17 bits per heavy atom. The van der Waals surface area contributed by atoms with E-state index in [0.717, 1.165) is 6.07 Å². The lowest BCUT2D eigenvalue weighted by atomic mass is 10.0. The van der Waals surface area contributed by atoms with Gasteiger partial charge in [-0.05, 0) is 42.0 Å². The highest BCUT2D eigenvalue weighted by molar-refractivity contribution is 5.76. The van der Waals surface area contributed by atoms with Crippen LogP contribution in [0.1, 0.15) is 5.69 Å². The van der Waals surface area contributed by atoms with Crippen LogP contribution in [0, 0.1) is 21.4 Å². The van der Waals surface area contributed by atoms with E-state index in [1.807, 2.05) is 0 Å². The number of nitrogens with one attached hydrogen (secondary N) is 1. The van der Waals surface area contributed by atoms with Crippen molar-refractivity contribution >= 4 is 17.2 Å². The number of anilines is 2. The third-order valence-electron chi connectivity index (χ3n) is 4.05. The summed E-state index contributed by atoms with van der Waals surface area (Å²) in [6.07, 6.45) is 0. The Labute approximate surface area is 169 Å². The number of nitro groups is 1. The zero-order valence-electron chi connectivity index (χ0n) is 15.5. The summed E-state index contributed by atoms with van der Waals surface area (Å²) in [5, 5.41) is 22.9. The molecule has 2 aromatic carbocycles. The zero-order valence-corrected chi connectivity index (χ0v) is 15.5. The number of benzene rings is 2. The lowest BCUT2D eigenvalue weighted by Crippen LogP contribution is -2.04. The molecule has 1 N–H and O–H groups in total. The van der Waals surface area contributed by atoms with Crippen molar-refractivity contribution in [3.63, 3.8) is 0 Å². The standard InChI is InChI=1S/C20H14F2N4O4/c1-29-14-5-2-12(3-6-14)15-10-13(4-8-18(15)30-20(21)22)24-19-9-7-17(26(27)28)16(11-23)25-19/h2-10,20H,1H3,(H,24,25). The first-order chi connectivity index (χ1) is 14.4. The van der Waals surface area contributed by atoms with E-state index in [1.54, 1.807) is 36.4 Å². The molecule has 0 aliphatic rings. The van der Waals surface area contributed by atoms with Crippen LogP contribution in [0.4, 0.5) is 26.0 Å². The van der Waals surface area contributed by atoms with Crippen molar-refractivity contribution < 1.29 is 23.2 Å². The molecule has 0 aliphatic carbocycles. The molecule has 0 amide bonds. The fraction of sp³-hybridized carbons (Fsp3) is 0.100. The van der Waals surface area contributed by atoms with Crippen molar-refractivity contribution in [2.24, 2.45) is 0 Å². The molecule has 0 saturated carbocycles. The summed E-state index contributed by atoms with van der Waals surface area (Å²) in [5.41, 5.74) is 0.670. The monoisotopic (exact) mass is 412 g/mol. The maximum Gasteiger partial charge on any atom is 0.387 e. The number of pyridine rings is 1. The maximum absolute atomic E-state index is 12.8. The van der Waals surface area contributed by atoms with E-state index in [-0.39, 0.29) is 17.3 Å². The van der Waals surface area contributed by atoms with Gasteiger partial charge in [0.25, 0.3) is 0 Å². The van der Waals surface area contributed by atoms with Crippen LogP contribution in [0.2, 0.25) is 0 Å². The van der Waals surface area contributed by atoms with Gasteiger partial charge in [0.1, 0.15) is 23.4 Å². The fourth-order valence-electron chi connectivity index (χ4n) is 2.70. The first kappa shape index (κ1) is 20.5. The number of halogens is 2. The number of ether oxygens (including phenoxy) is 2. The van der Waals surface area contributed by atoms with E-state index in [1.165, 1.54) is 25.3 Å². The second-order valence-electron chi connectivity index (χ2n) is 5.88. The van der Waals surface area contributed by atoms with Crippen LogP contribution in [0.15, 0.2) is 54.6 Å². The molecule has 0 atom stereocenters. The summed E-state index contributed by atoms with van der Waals surface area (Å²) in [5.74, 6) is 0.749. The number of hydrogen-bond donors (Lipinski definition) is 1. The van der Waals surface area contributed by atoms with Crippen LogP contribution in [0.5, 0.6) is 11.5 Å². The molecule has 3 rings (SSSR count). The molecule has 1 heterocycles. The predicted molar refractivity (Wildman–Crippen MR) is 104 cm³/mol. The second-order valence-corrected chi connectivity index (χ2v) is 5.88. The third kappa shape index (κ3) is 4.59. The number of methoxy groups -OCH3 is 1. The quantitative estimate of drug-likeness (QED) is 0.435. The fourth-order valence-corrected chi connectivity index (χ4v) is 2.70. The molecule has 0 unspecified atom stereocenters. The average molecular weight is 412 g/mol. The lowest BCUT2D eigenvalue weighted by molar-refractivity contribution is -0.385. The minimum absolute atomic E-state index is 0.0323. The number of nitrogens with zero attached hydrogens (tertiary/aromatic N) is 3. The smallest absolute Gasteiger partial charge is 0.387 e. The molecular formula is C20H14F2N4O4. The maximum atomic E-state index is 12.8. The van der Waals surface area contributed by atoms with Crippen molar-refractivity contribution in [3.05, 3.63) is 70.4 Å². The zero-order chi connectivity index (χ0) is 21.7. The van der Waals surface area contributed by atoms with E-state index in [2.05, 4.69) is 15.0 Å². The highest BCUT2D eigenvalue weighted by Gasteiger charge is 2.17. The van der Waals surface area contributed by atoms with Crippen LogP contribution in [0.25, 0.3) is 11.1 Å². The Bertz CT molecular complexity index is 1110. The van der Waals surface area contributed by atoms with Gasteiger partial charge in [0.05, 0.1) is 12.0 Å². The van der Waals surface area contributed by atoms with Crippen LogP contribution in [0.3, 0.4) is 0 Å². The SMILES string of the molecule is COc1ccc(-c2cc(Nc3ccc([N+](=O)[O-])c(C#N)n3)ccc2OC(F)F)cc1. The Balaban J connectivity index is 1.98. The van der Waals surface area contributed by atoms with Crippen molar-refractivity contribution in [1.29, 1.82) is 5.26 Å². The van der Waals surface area contributed by atoms with Crippen molar-refractivity contribution in [3.8, 4) is 28.7 Å². The molecule has 0 fully saturated rings. The Morgan fingerprint density at radius 3 is 2.50 bits per heavy atom. The normalized spacial score (nSPS) is 10.4. The van der Waals surface area contributed by atoms with Crippen molar-refractivity contribution in [2.75, 3.05) is 12.4 Å². The largest absolute Gasteiger partial charge is 0.497 e. The third-order valence-corrected chi connectivity index (χ3v) is 4.05. The van der Waals surface area contributed by atoms with Crippen molar-refractivity contribution in [1.82, 2.24) is 4.98 Å². The molecule has 8 nitrogen and oxygen atoms in total. The summed E-state index contributed by atoms with van der Waals surface area (Å²) in [6.45, 7) is -3.00. The average Bonchev–Trinajstić information content (AvgIpc) is 2.74. The molecule has 3 aromatic rings. The van der Waals surface area contributed by atoms with Crippen LogP contribution >= 0.6 is 0 Å². The first-order valence-electron chi connectivity index (χ1n) is 8.47. The van der Waals surface area contributed by atoms with Gasteiger partial charge in [0, 0.05) is 17.3 Å². The van der Waals surface area contributed by atoms with E-state index in [4.69, 9.17) is 10.00 Å². The highest BCUT2D eigenvalue weighted by Crippen LogP contribution is 2.35. The first-order valence-corrected chi connectivity index (χ1v) is 8.47. The summed E-state index contributed by atoms with van der Waals surface area (Å²) in [6, 6.07) is 15.3. The number of hydrogen-bond acceptors (Lipinski definition) is 7. The van der Waals surface area contributed by atoms with Crippen LogP contribution in [-0.2, 0) is 0 Å². The summed E-state index contributed by atoms with van der Waals surface area (Å²) in [4.78, 5) is 14.2. The molecule has 0 saturated heterocycles. The Hall–Kier alpha value is -4.26. The topological polar surface area (TPSA) is 110 Å². The molecule has 0 spiro atoms. The van der Waals surface area contributed by atoms with Gasteiger partial charge >= 0.3 is 12.3 Å². The van der Waals surface area contributed by atoms with E-state index in [0.29, 0.717) is 22.6 Å². The molecule has 1 aromatic heterocycles. The van der Waals surface area contributed by atoms with Gasteiger partial charge in [-0.15, -0.1) is 0 Å². The number of alkyl halides is 2. The summed E-state index contributed by atoms with van der Waals surface area (Å²) >= 11 is 0. The molecule has 0 aliphatic heterocycles. The lowest BCUT2D eigenvalue weighted by Gasteiger charge is -2.14. The Kier molecular flexibility index (Phi) is 6.03.